The predicted molar refractivity (Wildman–Crippen MR) is 86.2 cm³/mol. The fraction of sp³-hybridized carbons (Fsp3) is 0.118. The molecule has 0 aliphatic carbocycles. The number of anilines is 1. The van der Waals surface area contributed by atoms with Crippen molar-refractivity contribution in [1.29, 1.82) is 0 Å². The minimum atomic E-state index is -0.405. The van der Waals surface area contributed by atoms with E-state index in [4.69, 9.17) is 4.74 Å². The molecule has 0 aliphatic rings. The third kappa shape index (κ3) is 3.16. The van der Waals surface area contributed by atoms with Gasteiger partial charge in [0, 0.05) is 24.2 Å². The maximum atomic E-state index is 13.8. The zero-order chi connectivity index (χ0) is 16.9. The highest BCUT2D eigenvalue weighted by Gasteiger charge is 2.19. The first kappa shape index (κ1) is 15.8. The first-order valence-electron chi connectivity index (χ1n) is 7.21. The second kappa shape index (κ2) is 7.01. The van der Waals surface area contributed by atoms with Crippen molar-refractivity contribution >= 4 is 5.82 Å². The Hall–Kier alpha value is -3.06. The lowest BCUT2D eigenvalue weighted by Crippen LogP contribution is -2.20. The number of benzene rings is 1. The van der Waals surface area contributed by atoms with Gasteiger partial charge in [0.05, 0.1) is 13.7 Å². The Morgan fingerprint density at radius 1 is 1.00 bits per heavy atom. The van der Waals surface area contributed by atoms with Crippen LogP contribution in [0.4, 0.5) is 10.2 Å². The summed E-state index contributed by atoms with van der Waals surface area (Å²) in [6, 6.07) is 9.69. The van der Waals surface area contributed by atoms with Gasteiger partial charge in [-0.25, -0.2) is 19.4 Å². The summed E-state index contributed by atoms with van der Waals surface area (Å²) in [5.41, 5.74) is 1.12. The Labute approximate surface area is 138 Å². The van der Waals surface area contributed by atoms with Crippen LogP contribution in [0.25, 0.3) is 11.4 Å². The normalized spacial score (nSPS) is 10.5. The largest absolute Gasteiger partial charge is 0.494 e. The molecule has 0 amide bonds. The molecule has 0 unspecified atom stereocenters. The van der Waals surface area contributed by atoms with Crippen molar-refractivity contribution in [3.63, 3.8) is 0 Å². The Balaban J connectivity index is 1.99. The maximum absolute atomic E-state index is 13.8. The average Bonchev–Trinajstić information content (AvgIpc) is 2.63. The van der Waals surface area contributed by atoms with E-state index in [9.17, 15) is 9.60 Å². The number of hydrogen-bond acceptors (Lipinski definition) is 6. The van der Waals surface area contributed by atoms with Gasteiger partial charge in [0.2, 0.25) is 0 Å². The Kier molecular flexibility index (Phi) is 4.62. The maximum Gasteiger partial charge on any atom is 0.181 e. The number of ether oxygens (including phenoxy) is 1. The Morgan fingerprint density at radius 2 is 1.75 bits per heavy atom. The summed E-state index contributed by atoms with van der Waals surface area (Å²) < 4.78 is 19.1. The van der Waals surface area contributed by atoms with Crippen molar-refractivity contribution in [2.24, 2.45) is 0 Å². The highest BCUT2D eigenvalue weighted by Crippen LogP contribution is 2.31. The van der Waals surface area contributed by atoms with Gasteiger partial charge < -0.3 is 4.74 Å². The van der Waals surface area contributed by atoms with Crippen molar-refractivity contribution in [2.75, 3.05) is 12.2 Å². The second-order valence-corrected chi connectivity index (χ2v) is 4.93. The van der Waals surface area contributed by atoms with Crippen LogP contribution in [0.5, 0.6) is 5.75 Å². The molecule has 0 spiro atoms. The summed E-state index contributed by atoms with van der Waals surface area (Å²) in [6.45, 7) is -0.0759. The van der Waals surface area contributed by atoms with Crippen LogP contribution in [-0.4, -0.2) is 27.3 Å². The third-order valence-corrected chi connectivity index (χ3v) is 3.42. The van der Waals surface area contributed by atoms with E-state index in [2.05, 4.69) is 15.0 Å². The molecule has 0 bridgehead atoms. The van der Waals surface area contributed by atoms with Crippen molar-refractivity contribution in [1.82, 2.24) is 15.0 Å². The molecule has 0 fully saturated rings. The van der Waals surface area contributed by atoms with E-state index in [0.29, 0.717) is 22.7 Å². The Morgan fingerprint density at radius 3 is 2.54 bits per heavy atom. The van der Waals surface area contributed by atoms with E-state index < -0.39 is 5.82 Å². The van der Waals surface area contributed by atoms with E-state index in [0.717, 1.165) is 5.06 Å². The van der Waals surface area contributed by atoms with Gasteiger partial charge in [-0.1, -0.05) is 18.2 Å². The van der Waals surface area contributed by atoms with Crippen LogP contribution in [0.2, 0.25) is 0 Å². The zero-order valence-electron chi connectivity index (χ0n) is 12.9. The predicted octanol–water partition coefficient (Wildman–Crippen LogP) is 3.08. The molecule has 7 heteroatoms. The van der Waals surface area contributed by atoms with Crippen molar-refractivity contribution < 1.29 is 14.3 Å². The lowest BCUT2D eigenvalue weighted by molar-refractivity contribution is 0.245. The molecule has 3 rings (SSSR count). The third-order valence-electron chi connectivity index (χ3n) is 3.42. The summed E-state index contributed by atoms with van der Waals surface area (Å²) >= 11 is 0. The molecule has 24 heavy (non-hydrogen) atoms. The smallest absolute Gasteiger partial charge is 0.181 e. The van der Waals surface area contributed by atoms with Crippen LogP contribution in [-0.2, 0) is 6.54 Å². The summed E-state index contributed by atoms with van der Waals surface area (Å²) in [5.74, 6) is 0.258. The molecule has 0 radical (unpaired) electrons. The molecule has 2 aromatic heterocycles. The molecule has 1 N–H and O–H groups in total. The molecule has 0 aliphatic heterocycles. The van der Waals surface area contributed by atoms with E-state index >= 15 is 0 Å². The van der Waals surface area contributed by atoms with Gasteiger partial charge in [-0.3, -0.25) is 10.2 Å². The molecule has 1 aromatic carbocycles. The minimum Gasteiger partial charge on any atom is -0.494 e. The molecular weight excluding hydrogens is 311 g/mol. The Bertz CT molecular complexity index is 844. The lowest BCUT2D eigenvalue weighted by atomic mass is 10.2. The van der Waals surface area contributed by atoms with Crippen LogP contribution in [0.15, 0.2) is 55.0 Å². The van der Waals surface area contributed by atoms with Crippen molar-refractivity contribution in [2.45, 2.75) is 6.54 Å². The molecule has 0 atom stereocenters. The van der Waals surface area contributed by atoms with Gasteiger partial charge in [-0.2, -0.15) is 0 Å². The summed E-state index contributed by atoms with van der Waals surface area (Å²) in [7, 11) is 1.52. The quantitative estimate of drug-likeness (QED) is 0.727. The van der Waals surface area contributed by atoms with Gasteiger partial charge in [-0.05, 0) is 18.2 Å². The average molecular weight is 326 g/mol. The minimum absolute atomic E-state index is 0.0759. The first-order valence-corrected chi connectivity index (χ1v) is 7.21. The van der Waals surface area contributed by atoms with Crippen LogP contribution in [0.1, 0.15) is 5.56 Å². The fourth-order valence-corrected chi connectivity index (χ4v) is 2.28. The summed E-state index contributed by atoms with van der Waals surface area (Å²) in [5, 5.41) is 11.2. The van der Waals surface area contributed by atoms with Crippen LogP contribution in [0.3, 0.4) is 0 Å². The highest BCUT2D eigenvalue weighted by molar-refractivity contribution is 5.72. The molecule has 3 aromatic rings. The molecule has 2 heterocycles. The number of rotatable bonds is 5. The lowest BCUT2D eigenvalue weighted by Gasteiger charge is -2.19. The van der Waals surface area contributed by atoms with Gasteiger partial charge in [0.25, 0.3) is 0 Å². The number of aromatic nitrogens is 3. The first-order chi connectivity index (χ1) is 11.7. The topological polar surface area (TPSA) is 71.4 Å². The molecule has 122 valence electrons. The fourth-order valence-electron chi connectivity index (χ4n) is 2.28. The number of nitrogens with zero attached hydrogens (tertiary/aromatic N) is 4. The summed E-state index contributed by atoms with van der Waals surface area (Å²) in [4.78, 5) is 12.6. The molecular formula is C17H15FN4O2. The molecule has 0 saturated carbocycles. The SMILES string of the molecule is COc1cccnc1-c1nccnc1N(O)Cc1ccccc1F. The van der Waals surface area contributed by atoms with E-state index in [-0.39, 0.29) is 12.4 Å². The van der Waals surface area contributed by atoms with Crippen LogP contribution < -0.4 is 9.80 Å². The van der Waals surface area contributed by atoms with Gasteiger partial charge in [0.15, 0.2) is 5.82 Å². The number of hydroxylamine groups is 1. The summed E-state index contributed by atoms with van der Waals surface area (Å²) in [6.07, 6.45) is 4.53. The molecule has 0 saturated heterocycles. The van der Waals surface area contributed by atoms with Gasteiger partial charge >= 0.3 is 0 Å². The van der Waals surface area contributed by atoms with Crippen molar-refractivity contribution in [3.8, 4) is 17.1 Å². The van der Waals surface area contributed by atoms with E-state index in [1.54, 1.807) is 36.5 Å². The van der Waals surface area contributed by atoms with Crippen LogP contribution in [0, 0.1) is 5.82 Å². The van der Waals surface area contributed by atoms with Crippen LogP contribution >= 0.6 is 0 Å². The number of methoxy groups -OCH3 is 1. The van der Waals surface area contributed by atoms with Gasteiger partial charge in [0.1, 0.15) is 23.0 Å². The number of halogens is 1. The van der Waals surface area contributed by atoms with Crippen molar-refractivity contribution in [3.05, 3.63) is 66.4 Å². The number of pyridine rings is 1. The number of hydrogen-bond donors (Lipinski definition) is 1. The van der Waals surface area contributed by atoms with E-state index in [1.807, 2.05) is 0 Å². The van der Waals surface area contributed by atoms with Gasteiger partial charge in [-0.15, -0.1) is 0 Å². The second-order valence-electron chi connectivity index (χ2n) is 4.93. The standard InChI is InChI=1S/C17H15FN4O2/c1-24-14-7-4-8-19-15(14)16-17(21-10-9-20-16)22(23)11-12-5-2-3-6-13(12)18/h2-10,23H,11H2,1H3. The zero-order valence-corrected chi connectivity index (χ0v) is 12.9. The highest BCUT2D eigenvalue weighted by atomic mass is 19.1. The molecule has 6 nitrogen and oxygen atoms in total. The monoisotopic (exact) mass is 326 g/mol. The van der Waals surface area contributed by atoms with E-state index in [1.165, 1.54) is 25.6 Å².